The number of anilines is 1. The summed E-state index contributed by atoms with van der Waals surface area (Å²) in [5, 5.41) is 1.84. The van der Waals surface area contributed by atoms with Crippen LogP contribution in [0.3, 0.4) is 0 Å². The quantitative estimate of drug-likeness (QED) is 0.680. The van der Waals surface area contributed by atoms with Crippen LogP contribution in [0.1, 0.15) is 37.5 Å². The molecule has 0 spiro atoms. The third kappa shape index (κ3) is 4.30. The lowest BCUT2D eigenvalue weighted by Gasteiger charge is -2.35. The maximum Gasteiger partial charge on any atom is 0.0711 e. The minimum absolute atomic E-state index is 0.217. The van der Waals surface area contributed by atoms with Crippen molar-refractivity contribution in [2.24, 2.45) is 0 Å². The summed E-state index contributed by atoms with van der Waals surface area (Å²) in [5.41, 5.74) is 5.62. The monoisotopic (exact) mass is 368 g/mol. The van der Waals surface area contributed by atoms with Gasteiger partial charge in [0.2, 0.25) is 0 Å². The first-order chi connectivity index (χ1) is 12.3. The molecule has 140 valence electrons. The van der Waals surface area contributed by atoms with Crippen molar-refractivity contribution in [1.82, 2.24) is 4.90 Å². The molecule has 1 aliphatic rings. The molecule has 3 heteroatoms. The molecule has 1 atom stereocenters. The zero-order valence-corrected chi connectivity index (χ0v) is 18.1. The molecule has 26 heavy (non-hydrogen) atoms. The fourth-order valence-electron chi connectivity index (χ4n) is 4.10. The molecule has 2 nitrogen and oxygen atoms in total. The van der Waals surface area contributed by atoms with E-state index in [1.165, 1.54) is 34.0 Å². The molecule has 0 radical (unpaired) electrons. The van der Waals surface area contributed by atoms with Gasteiger partial charge < -0.3 is 4.90 Å². The summed E-state index contributed by atoms with van der Waals surface area (Å²) in [5.74, 6) is 0. The van der Waals surface area contributed by atoms with Crippen LogP contribution in [0.2, 0.25) is 0 Å². The fraction of sp³-hybridized carbons (Fsp3) is 0.478. The number of hydrogen-bond acceptors (Lipinski definition) is 2. The summed E-state index contributed by atoms with van der Waals surface area (Å²) >= 11 is 0. The molecular formula is C23H33N2P. The minimum atomic E-state index is -0.217. The maximum atomic E-state index is 2.66. The molecule has 1 aliphatic heterocycles. The van der Waals surface area contributed by atoms with E-state index in [1.807, 2.05) is 0 Å². The Labute approximate surface area is 161 Å². The molecular weight excluding hydrogens is 335 g/mol. The van der Waals surface area contributed by atoms with Crippen LogP contribution >= 0.6 is 7.92 Å². The Balaban J connectivity index is 1.76. The summed E-state index contributed by atoms with van der Waals surface area (Å²) in [6, 6.07) is 15.8. The normalized spacial score (nSPS) is 16.9. The maximum absolute atomic E-state index is 2.66. The molecule has 2 aromatic rings. The predicted octanol–water partition coefficient (Wildman–Crippen LogP) is 5.25. The zero-order valence-electron chi connectivity index (χ0n) is 17.2. The number of rotatable bonds is 4. The van der Waals surface area contributed by atoms with Gasteiger partial charge in [0.15, 0.2) is 0 Å². The second-order valence-corrected chi connectivity index (χ2v) is 11.6. The minimum Gasteiger partial charge on any atom is -0.357 e. The van der Waals surface area contributed by atoms with Crippen LogP contribution in [-0.4, -0.2) is 36.1 Å². The van der Waals surface area contributed by atoms with Gasteiger partial charge in [0, 0.05) is 25.1 Å². The van der Waals surface area contributed by atoms with Crippen LogP contribution < -0.4 is 10.2 Å². The van der Waals surface area contributed by atoms with Crippen LogP contribution in [0.5, 0.6) is 0 Å². The Morgan fingerprint density at radius 2 is 1.54 bits per heavy atom. The number of nitrogens with zero attached hydrogens (tertiary/aromatic N) is 2. The highest BCUT2D eigenvalue weighted by Gasteiger charge is 2.31. The van der Waals surface area contributed by atoms with E-state index in [-0.39, 0.29) is 7.92 Å². The SMILES string of the molecule is Cc1cc(C)c(N2CCN(CP(c3ccccc3)C(C)(C)C)C2)c(C)c1. The molecule has 0 aliphatic carbocycles. The van der Waals surface area contributed by atoms with Crippen molar-refractivity contribution in [3.8, 4) is 0 Å². The third-order valence-electron chi connectivity index (χ3n) is 5.23. The second-order valence-electron chi connectivity index (χ2n) is 8.62. The predicted molar refractivity (Wildman–Crippen MR) is 117 cm³/mol. The Morgan fingerprint density at radius 1 is 0.923 bits per heavy atom. The van der Waals surface area contributed by atoms with E-state index in [4.69, 9.17) is 0 Å². The average Bonchev–Trinajstić information content (AvgIpc) is 2.99. The molecule has 1 saturated heterocycles. The van der Waals surface area contributed by atoms with Gasteiger partial charge in [-0.25, -0.2) is 0 Å². The molecule has 2 aromatic carbocycles. The van der Waals surface area contributed by atoms with Crippen LogP contribution in [0, 0.1) is 20.8 Å². The first-order valence-corrected chi connectivity index (χ1v) is 11.2. The van der Waals surface area contributed by atoms with Crippen LogP contribution in [-0.2, 0) is 0 Å². The molecule has 0 amide bonds. The number of benzene rings is 2. The Hall–Kier alpha value is -1.37. The molecule has 1 heterocycles. The highest BCUT2D eigenvalue weighted by atomic mass is 31.1. The molecule has 1 unspecified atom stereocenters. The summed E-state index contributed by atoms with van der Waals surface area (Å²) < 4.78 is 0. The Kier molecular flexibility index (Phi) is 5.75. The molecule has 0 bridgehead atoms. The lowest BCUT2D eigenvalue weighted by atomic mass is 10.0. The van der Waals surface area contributed by atoms with Gasteiger partial charge in [0.05, 0.1) is 6.67 Å². The standard InChI is InChI=1S/C23H33N2P/c1-18-14-19(2)22(20(3)15-18)25-13-12-24(16-25)17-26(23(4,5)6)21-10-8-7-9-11-21/h7-11,14-15H,12-13,16-17H2,1-6H3. The first-order valence-electron chi connectivity index (χ1n) is 9.63. The summed E-state index contributed by atoms with van der Waals surface area (Å²) in [6.45, 7) is 17.2. The Morgan fingerprint density at radius 3 is 2.12 bits per heavy atom. The van der Waals surface area contributed by atoms with Gasteiger partial charge in [-0.05, 0) is 42.4 Å². The van der Waals surface area contributed by atoms with Crippen molar-refractivity contribution in [3.05, 3.63) is 59.2 Å². The van der Waals surface area contributed by atoms with Gasteiger partial charge in [0.1, 0.15) is 0 Å². The summed E-state index contributed by atoms with van der Waals surface area (Å²) in [6.07, 6.45) is 1.18. The van der Waals surface area contributed by atoms with E-state index in [1.54, 1.807) is 0 Å². The topological polar surface area (TPSA) is 6.48 Å². The molecule has 3 rings (SSSR count). The van der Waals surface area contributed by atoms with Crippen molar-refractivity contribution in [3.63, 3.8) is 0 Å². The van der Waals surface area contributed by atoms with Crippen molar-refractivity contribution >= 4 is 18.9 Å². The lowest BCUT2D eigenvalue weighted by molar-refractivity contribution is 0.398. The van der Waals surface area contributed by atoms with E-state index < -0.39 is 0 Å². The van der Waals surface area contributed by atoms with E-state index in [2.05, 4.69) is 93.8 Å². The highest BCUT2D eigenvalue weighted by molar-refractivity contribution is 7.67. The number of hydrogen-bond donors (Lipinski definition) is 0. The zero-order chi connectivity index (χ0) is 18.9. The van der Waals surface area contributed by atoms with Crippen LogP contribution in [0.4, 0.5) is 5.69 Å². The third-order valence-corrected chi connectivity index (χ3v) is 8.45. The van der Waals surface area contributed by atoms with Gasteiger partial charge in [0.25, 0.3) is 0 Å². The van der Waals surface area contributed by atoms with Gasteiger partial charge in [-0.1, -0.05) is 76.7 Å². The smallest absolute Gasteiger partial charge is 0.0711 e. The molecule has 0 saturated carbocycles. The number of aryl methyl sites for hydroxylation is 3. The molecule has 1 fully saturated rings. The van der Waals surface area contributed by atoms with Crippen LogP contribution in [0.25, 0.3) is 0 Å². The van der Waals surface area contributed by atoms with E-state index in [9.17, 15) is 0 Å². The summed E-state index contributed by atoms with van der Waals surface area (Å²) in [4.78, 5) is 5.23. The van der Waals surface area contributed by atoms with Crippen molar-refractivity contribution < 1.29 is 0 Å². The van der Waals surface area contributed by atoms with E-state index in [0.29, 0.717) is 5.16 Å². The lowest BCUT2D eigenvalue weighted by Crippen LogP contribution is -2.31. The van der Waals surface area contributed by atoms with E-state index >= 15 is 0 Å². The summed E-state index contributed by atoms with van der Waals surface area (Å²) in [7, 11) is -0.217. The van der Waals surface area contributed by atoms with Crippen molar-refractivity contribution in [1.29, 1.82) is 0 Å². The second kappa shape index (κ2) is 7.71. The fourth-order valence-corrected chi connectivity index (χ4v) is 6.63. The van der Waals surface area contributed by atoms with Gasteiger partial charge >= 0.3 is 0 Å². The first kappa shape index (κ1) is 19.4. The Bertz CT molecular complexity index is 726. The van der Waals surface area contributed by atoms with Crippen molar-refractivity contribution in [2.75, 3.05) is 30.9 Å². The van der Waals surface area contributed by atoms with Gasteiger partial charge in [-0.2, -0.15) is 0 Å². The van der Waals surface area contributed by atoms with Gasteiger partial charge in [-0.3, -0.25) is 4.90 Å². The van der Waals surface area contributed by atoms with Crippen LogP contribution in [0.15, 0.2) is 42.5 Å². The average molecular weight is 369 g/mol. The van der Waals surface area contributed by atoms with E-state index in [0.717, 1.165) is 19.8 Å². The largest absolute Gasteiger partial charge is 0.357 e. The highest BCUT2D eigenvalue weighted by Crippen LogP contribution is 2.49. The molecule has 0 aromatic heterocycles. The molecule has 0 N–H and O–H groups in total. The van der Waals surface area contributed by atoms with Crippen molar-refractivity contribution in [2.45, 2.75) is 46.7 Å². The van der Waals surface area contributed by atoms with Gasteiger partial charge in [-0.15, -0.1) is 0 Å².